The molecular weight excluding hydrogens is 244 g/mol. The van der Waals surface area contributed by atoms with Crippen LogP contribution in [0.2, 0.25) is 0 Å². The second-order valence-electron chi connectivity index (χ2n) is 4.01. The average molecular weight is 260 g/mol. The molecule has 90 valence electrons. The minimum absolute atomic E-state index is 0.556. The molecule has 1 fully saturated rings. The van der Waals surface area contributed by atoms with Gasteiger partial charge in [-0.1, -0.05) is 0 Å². The first-order chi connectivity index (χ1) is 7.51. The summed E-state index contributed by atoms with van der Waals surface area (Å²) in [6.45, 7) is 3.96. The summed E-state index contributed by atoms with van der Waals surface area (Å²) in [5, 5.41) is 2.05. The van der Waals surface area contributed by atoms with Gasteiger partial charge in [0.1, 0.15) is 0 Å². The van der Waals surface area contributed by atoms with Gasteiger partial charge in [0.2, 0.25) is 0 Å². The molecule has 1 aliphatic rings. The number of hydrogen-bond donors (Lipinski definition) is 0. The molecule has 0 aromatic carbocycles. The Labute approximate surface area is 101 Å². The Morgan fingerprint density at radius 2 is 2.19 bits per heavy atom. The van der Waals surface area contributed by atoms with Crippen molar-refractivity contribution in [3.8, 4) is 0 Å². The second-order valence-corrected chi connectivity index (χ2v) is 7.04. The van der Waals surface area contributed by atoms with Gasteiger partial charge in [-0.05, 0) is 30.4 Å². The van der Waals surface area contributed by atoms with Crippen molar-refractivity contribution in [1.29, 1.82) is 0 Å². The average Bonchev–Trinajstić information content (AvgIpc) is 3.01. The normalized spacial score (nSPS) is 16.9. The summed E-state index contributed by atoms with van der Waals surface area (Å²) >= 11 is 1.69. The molecule has 16 heavy (non-hydrogen) atoms. The third-order valence-electron chi connectivity index (χ3n) is 2.75. The van der Waals surface area contributed by atoms with Crippen LogP contribution in [0.5, 0.6) is 0 Å². The summed E-state index contributed by atoms with van der Waals surface area (Å²) in [5.74, 6) is 0. The molecule has 0 amide bonds. The van der Waals surface area contributed by atoms with E-state index in [0.29, 0.717) is 19.6 Å². The fourth-order valence-electron chi connectivity index (χ4n) is 1.50. The lowest BCUT2D eigenvalue weighted by atomic mass is 10.2. The van der Waals surface area contributed by atoms with Gasteiger partial charge in [-0.15, -0.1) is 11.3 Å². The van der Waals surface area contributed by atoms with E-state index in [2.05, 4.69) is 13.0 Å². The lowest BCUT2D eigenvalue weighted by Gasteiger charge is -2.16. The van der Waals surface area contributed by atoms with Gasteiger partial charge in [-0.25, -0.2) is 0 Å². The summed E-state index contributed by atoms with van der Waals surface area (Å²) in [6.07, 6.45) is 0.799. The van der Waals surface area contributed by atoms with Crippen LogP contribution in [0, 0.1) is 6.92 Å². The Morgan fingerprint density at radius 1 is 1.50 bits per heavy atom. The van der Waals surface area contributed by atoms with E-state index in [1.807, 2.05) is 5.38 Å². The van der Waals surface area contributed by atoms with Crippen LogP contribution in [0.3, 0.4) is 0 Å². The van der Waals surface area contributed by atoms with Gasteiger partial charge in [-0.2, -0.15) is 17.0 Å². The first kappa shape index (κ1) is 12.0. The standard InChI is InChI=1S/C10H16N2O2S2/c1-9-4-8-15-10(9)3-5-11(2)16(13,14)12-6-7-12/h4,8H,3,5-7H2,1-2H3. The molecule has 1 aromatic rings. The third kappa shape index (κ3) is 2.45. The smallest absolute Gasteiger partial charge is 0.195 e. The summed E-state index contributed by atoms with van der Waals surface area (Å²) in [7, 11) is -1.51. The minimum atomic E-state index is -3.16. The van der Waals surface area contributed by atoms with Crippen LogP contribution in [0.4, 0.5) is 0 Å². The van der Waals surface area contributed by atoms with Crippen LogP contribution in [-0.2, 0) is 16.6 Å². The Kier molecular flexibility index (Phi) is 3.34. The van der Waals surface area contributed by atoms with Crippen molar-refractivity contribution in [1.82, 2.24) is 8.61 Å². The van der Waals surface area contributed by atoms with E-state index in [1.165, 1.54) is 19.1 Å². The highest BCUT2D eigenvalue weighted by Gasteiger charge is 2.34. The summed E-state index contributed by atoms with van der Waals surface area (Å²) in [4.78, 5) is 1.27. The molecule has 0 unspecified atom stereocenters. The van der Waals surface area contributed by atoms with Crippen LogP contribution < -0.4 is 0 Å². The fraction of sp³-hybridized carbons (Fsp3) is 0.600. The summed E-state index contributed by atoms with van der Waals surface area (Å²) in [5.41, 5.74) is 1.25. The van der Waals surface area contributed by atoms with Crippen molar-refractivity contribution in [3.05, 3.63) is 21.9 Å². The van der Waals surface area contributed by atoms with Gasteiger partial charge in [0.25, 0.3) is 10.2 Å². The molecule has 6 heteroatoms. The summed E-state index contributed by atoms with van der Waals surface area (Å²) in [6, 6.07) is 2.07. The second kappa shape index (κ2) is 4.44. The highest BCUT2D eigenvalue weighted by molar-refractivity contribution is 7.87. The molecule has 1 aliphatic heterocycles. The van der Waals surface area contributed by atoms with Crippen molar-refractivity contribution in [2.45, 2.75) is 13.3 Å². The molecule has 4 nitrogen and oxygen atoms in total. The largest absolute Gasteiger partial charge is 0.281 e. The molecule has 1 saturated heterocycles. The van der Waals surface area contributed by atoms with Crippen molar-refractivity contribution in [3.63, 3.8) is 0 Å². The van der Waals surface area contributed by atoms with Crippen LogP contribution in [0.15, 0.2) is 11.4 Å². The maximum Gasteiger partial charge on any atom is 0.281 e. The Bertz CT molecular complexity index is 463. The maximum absolute atomic E-state index is 11.8. The van der Waals surface area contributed by atoms with Crippen molar-refractivity contribution in [2.75, 3.05) is 26.7 Å². The van der Waals surface area contributed by atoms with Crippen LogP contribution in [0.25, 0.3) is 0 Å². The molecule has 0 atom stereocenters. The summed E-state index contributed by atoms with van der Waals surface area (Å²) < 4.78 is 26.5. The van der Waals surface area contributed by atoms with E-state index in [1.54, 1.807) is 18.4 Å². The number of nitrogens with zero attached hydrogens (tertiary/aromatic N) is 2. The molecule has 1 aromatic heterocycles. The molecular formula is C10H16N2O2S2. The van der Waals surface area contributed by atoms with E-state index in [0.717, 1.165) is 6.42 Å². The zero-order valence-electron chi connectivity index (χ0n) is 9.51. The van der Waals surface area contributed by atoms with Gasteiger partial charge in [0, 0.05) is 31.6 Å². The molecule has 2 rings (SSSR count). The third-order valence-corrected chi connectivity index (χ3v) is 5.82. The van der Waals surface area contributed by atoms with E-state index < -0.39 is 10.2 Å². The van der Waals surface area contributed by atoms with Gasteiger partial charge >= 0.3 is 0 Å². The molecule has 0 aliphatic carbocycles. The first-order valence-corrected chi connectivity index (χ1v) is 7.54. The van der Waals surface area contributed by atoms with Crippen molar-refractivity contribution in [2.24, 2.45) is 0 Å². The van der Waals surface area contributed by atoms with Gasteiger partial charge in [0.05, 0.1) is 0 Å². The van der Waals surface area contributed by atoms with E-state index >= 15 is 0 Å². The van der Waals surface area contributed by atoms with Gasteiger partial charge in [-0.3, -0.25) is 0 Å². The Balaban J connectivity index is 1.93. The highest BCUT2D eigenvalue weighted by atomic mass is 32.2. The number of likely N-dealkylation sites (N-methyl/N-ethyl adjacent to an activating group) is 1. The number of thiophene rings is 1. The predicted molar refractivity (Wildman–Crippen MR) is 65.9 cm³/mol. The van der Waals surface area contributed by atoms with E-state index in [9.17, 15) is 8.42 Å². The van der Waals surface area contributed by atoms with Gasteiger partial charge in [0.15, 0.2) is 0 Å². The molecule has 0 bridgehead atoms. The lowest BCUT2D eigenvalue weighted by molar-refractivity contribution is 0.446. The minimum Gasteiger partial charge on any atom is -0.195 e. The monoisotopic (exact) mass is 260 g/mol. The molecule has 0 N–H and O–H groups in total. The van der Waals surface area contributed by atoms with Crippen LogP contribution in [0.1, 0.15) is 10.4 Å². The first-order valence-electron chi connectivity index (χ1n) is 5.26. The zero-order valence-corrected chi connectivity index (χ0v) is 11.1. The maximum atomic E-state index is 11.8. The zero-order chi connectivity index (χ0) is 11.8. The molecule has 0 saturated carbocycles. The SMILES string of the molecule is Cc1ccsc1CCN(C)S(=O)(=O)N1CC1. The lowest BCUT2D eigenvalue weighted by Crippen LogP contribution is -2.33. The van der Waals surface area contributed by atoms with Crippen LogP contribution >= 0.6 is 11.3 Å². The predicted octanol–water partition coefficient (Wildman–Crippen LogP) is 1.09. The van der Waals surface area contributed by atoms with Crippen molar-refractivity contribution >= 4 is 21.5 Å². The number of aryl methyl sites for hydroxylation is 1. The molecule has 0 radical (unpaired) electrons. The van der Waals surface area contributed by atoms with E-state index in [4.69, 9.17) is 0 Å². The molecule has 0 spiro atoms. The fourth-order valence-corrected chi connectivity index (χ4v) is 3.66. The topological polar surface area (TPSA) is 40.4 Å². The van der Waals surface area contributed by atoms with Crippen LogP contribution in [-0.4, -0.2) is 43.7 Å². The molecule has 2 heterocycles. The van der Waals surface area contributed by atoms with Crippen molar-refractivity contribution < 1.29 is 8.42 Å². The van der Waals surface area contributed by atoms with E-state index in [-0.39, 0.29) is 0 Å². The Hall–Kier alpha value is -0.430. The highest BCUT2D eigenvalue weighted by Crippen LogP contribution is 2.19. The Morgan fingerprint density at radius 3 is 2.69 bits per heavy atom. The number of hydrogen-bond acceptors (Lipinski definition) is 3. The van der Waals surface area contributed by atoms with Gasteiger partial charge < -0.3 is 0 Å². The quantitative estimate of drug-likeness (QED) is 0.744. The number of rotatable bonds is 5.